The number of aryl methyl sites for hydroxylation is 1. The molecule has 1 aliphatic rings. The van der Waals surface area contributed by atoms with Crippen LogP contribution in [0.1, 0.15) is 32.2 Å². The fourth-order valence-electron chi connectivity index (χ4n) is 3.38. The highest BCUT2D eigenvalue weighted by atomic mass is 16.6. The third-order valence-electron chi connectivity index (χ3n) is 4.72. The number of carbonyl (C=O) groups excluding carboxylic acids is 2. The molecule has 0 radical (unpaired) electrons. The normalized spacial score (nSPS) is 12.5. The van der Waals surface area contributed by atoms with Crippen LogP contribution in [0, 0.1) is 13.8 Å². The Balaban J connectivity index is 1.54. The second-order valence-corrected chi connectivity index (χ2v) is 6.66. The topological polar surface area (TPSA) is 79.7 Å². The summed E-state index contributed by atoms with van der Waals surface area (Å²) >= 11 is 0. The highest BCUT2D eigenvalue weighted by molar-refractivity contribution is 6.00. The van der Waals surface area contributed by atoms with E-state index in [2.05, 4.69) is 4.98 Å². The lowest BCUT2D eigenvalue weighted by Crippen LogP contribution is -2.16. The molecule has 0 fully saturated rings. The van der Waals surface area contributed by atoms with E-state index >= 15 is 0 Å². The zero-order chi connectivity index (χ0) is 20.4. The van der Waals surface area contributed by atoms with Gasteiger partial charge in [-0.25, -0.2) is 9.78 Å². The molecular formula is C22H20N2O5. The second kappa shape index (κ2) is 7.79. The molecule has 4 rings (SSSR count). The summed E-state index contributed by atoms with van der Waals surface area (Å²) in [6, 6.07) is 12.4. The maximum Gasteiger partial charge on any atom is 0.357 e. The van der Waals surface area contributed by atoms with Crippen LogP contribution in [0.5, 0.6) is 11.5 Å². The van der Waals surface area contributed by atoms with Crippen LogP contribution < -0.4 is 9.47 Å². The van der Waals surface area contributed by atoms with Gasteiger partial charge in [0.2, 0.25) is 5.78 Å². The summed E-state index contributed by atoms with van der Waals surface area (Å²) in [7, 11) is 0. The SMILES string of the molecule is Cc1cc(C(=O)COC(=O)c2ccccn2)c(C)n1-c1ccc2c(c1)OCCO2. The van der Waals surface area contributed by atoms with Gasteiger partial charge in [0.1, 0.15) is 18.9 Å². The van der Waals surface area contributed by atoms with Crippen molar-refractivity contribution in [2.75, 3.05) is 19.8 Å². The second-order valence-electron chi connectivity index (χ2n) is 6.66. The van der Waals surface area contributed by atoms with Crippen molar-refractivity contribution in [1.82, 2.24) is 9.55 Å². The van der Waals surface area contributed by atoms with Crippen molar-refractivity contribution in [2.45, 2.75) is 13.8 Å². The monoisotopic (exact) mass is 392 g/mol. The Labute approximate surface area is 167 Å². The molecule has 0 N–H and O–H groups in total. The van der Waals surface area contributed by atoms with Crippen LogP contribution in [0.3, 0.4) is 0 Å². The number of ketones is 1. The van der Waals surface area contributed by atoms with Crippen molar-refractivity contribution in [1.29, 1.82) is 0 Å². The minimum Gasteiger partial charge on any atom is -0.486 e. The van der Waals surface area contributed by atoms with Gasteiger partial charge in [-0.15, -0.1) is 0 Å². The van der Waals surface area contributed by atoms with Crippen molar-refractivity contribution < 1.29 is 23.8 Å². The number of fused-ring (bicyclic) bond motifs is 1. The fourth-order valence-corrected chi connectivity index (χ4v) is 3.38. The summed E-state index contributed by atoms with van der Waals surface area (Å²) < 4.78 is 18.3. The average molecular weight is 392 g/mol. The van der Waals surface area contributed by atoms with E-state index in [1.807, 2.05) is 36.6 Å². The molecule has 1 aromatic carbocycles. The molecule has 29 heavy (non-hydrogen) atoms. The summed E-state index contributed by atoms with van der Waals surface area (Å²) in [5, 5.41) is 0. The fraction of sp³-hybridized carbons (Fsp3) is 0.227. The van der Waals surface area contributed by atoms with Crippen LogP contribution in [0.2, 0.25) is 0 Å². The minimum absolute atomic E-state index is 0.169. The molecule has 7 nitrogen and oxygen atoms in total. The van der Waals surface area contributed by atoms with Gasteiger partial charge in [0.25, 0.3) is 0 Å². The number of Topliss-reactive ketones (excluding diaryl/α,β-unsaturated/α-hetero) is 1. The lowest BCUT2D eigenvalue weighted by molar-refractivity contribution is 0.0468. The first-order valence-electron chi connectivity index (χ1n) is 9.25. The Hall–Kier alpha value is -3.61. The van der Waals surface area contributed by atoms with Gasteiger partial charge in [0.05, 0.1) is 0 Å². The Kier molecular flexibility index (Phi) is 5.03. The number of carbonyl (C=O) groups is 2. The van der Waals surface area contributed by atoms with E-state index in [4.69, 9.17) is 14.2 Å². The molecule has 0 spiro atoms. The van der Waals surface area contributed by atoms with Crippen LogP contribution in [0.4, 0.5) is 0 Å². The zero-order valence-corrected chi connectivity index (χ0v) is 16.2. The molecule has 0 bridgehead atoms. The van der Waals surface area contributed by atoms with Gasteiger partial charge in [0, 0.05) is 34.9 Å². The summed E-state index contributed by atoms with van der Waals surface area (Å²) in [6.07, 6.45) is 1.50. The maximum absolute atomic E-state index is 12.7. The summed E-state index contributed by atoms with van der Waals surface area (Å²) in [4.78, 5) is 28.6. The average Bonchev–Trinajstić information content (AvgIpc) is 3.06. The van der Waals surface area contributed by atoms with E-state index in [0.717, 1.165) is 17.1 Å². The summed E-state index contributed by atoms with van der Waals surface area (Å²) in [5.74, 6) is 0.490. The molecule has 0 unspecified atom stereocenters. The van der Waals surface area contributed by atoms with Crippen molar-refractivity contribution in [3.63, 3.8) is 0 Å². The standard InChI is InChI=1S/C22H20N2O5/c1-14-11-17(19(25)13-29-22(26)18-5-3-4-8-23-18)15(2)24(14)16-6-7-20-21(12-16)28-10-9-27-20/h3-8,11-12H,9-10,13H2,1-2H3. The van der Waals surface area contributed by atoms with E-state index in [9.17, 15) is 9.59 Å². The molecule has 0 aliphatic carbocycles. The first-order chi connectivity index (χ1) is 14.0. The molecule has 0 amide bonds. The first-order valence-corrected chi connectivity index (χ1v) is 9.25. The molecular weight excluding hydrogens is 372 g/mol. The van der Waals surface area contributed by atoms with Crippen LogP contribution in [-0.2, 0) is 4.74 Å². The molecule has 3 aromatic rings. The van der Waals surface area contributed by atoms with Gasteiger partial charge in [0.15, 0.2) is 18.1 Å². The maximum atomic E-state index is 12.7. The van der Waals surface area contributed by atoms with Crippen molar-refractivity contribution in [3.05, 3.63) is 71.3 Å². The summed E-state index contributed by atoms with van der Waals surface area (Å²) in [6.45, 7) is 4.47. The van der Waals surface area contributed by atoms with Gasteiger partial charge in [-0.05, 0) is 44.2 Å². The zero-order valence-electron chi connectivity index (χ0n) is 16.2. The molecule has 148 valence electrons. The number of aromatic nitrogens is 2. The Morgan fingerprint density at radius 2 is 1.86 bits per heavy atom. The van der Waals surface area contributed by atoms with Crippen LogP contribution in [-0.4, -0.2) is 41.1 Å². The van der Waals surface area contributed by atoms with Crippen LogP contribution >= 0.6 is 0 Å². The lowest BCUT2D eigenvalue weighted by atomic mass is 10.1. The predicted octanol–water partition coefficient (Wildman–Crippen LogP) is 3.30. The quantitative estimate of drug-likeness (QED) is 0.490. The molecule has 7 heteroatoms. The number of ether oxygens (including phenoxy) is 3. The van der Waals surface area contributed by atoms with Crippen LogP contribution in [0.15, 0.2) is 48.7 Å². The number of esters is 1. The van der Waals surface area contributed by atoms with E-state index in [1.165, 1.54) is 6.20 Å². The Bertz CT molecular complexity index is 1070. The van der Waals surface area contributed by atoms with Gasteiger partial charge in [-0.3, -0.25) is 4.79 Å². The number of nitrogens with zero attached hydrogens (tertiary/aromatic N) is 2. The highest BCUT2D eigenvalue weighted by Crippen LogP contribution is 2.33. The van der Waals surface area contributed by atoms with Gasteiger partial charge in [-0.2, -0.15) is 0 Å². The third-order valence-corrected chi connectivity index (χ3v) is 4.72. The largest absolute Gasteiger partial charge is 0.486 e. The number of hydrogen-bond donors (Lipinski definition) is 0. The minimum atomic E-state index is -0.625. The van der Waals surface area contributed by atoms with Gasteiger partial charge in [-0.1, -0.05) is 6.07 Å². The number of hydrogen-bond acceptors (Lipinski definition) is 6. The molecule has 0 saturated heterocycles. The molecule has 0 saturated carbocycles. The van der Waals surface area contributed by atoms with Crippen LogP contribution in [0.25, 0.3) is 5.69 Å². The smallest absolute Gasteiger partial charge is 0.357 e. The van der Waals surface area contributed by atoms with Gasteiger partial charge < -0.3 is 18.8 Å². The Morgan fingerprint density at radius 1 is 1.07 bits per heavy atom. The third kappa shape index (κ3) is 3.71. The van der Waals surface area contributed by atoms with E-state index < -0.39 is 5.97 Å². The van der Waals surface area contributed by atoms with Crippen molar-refractivity contribution >= 4 is 11.8 Å². The van der Waals surface area contributed by atoms with Crippen molar-refractivity contribution in [3.8, 4) is 17.2 Å². The van der Waals surface area contributed by atoms with E-state index in [-0.39, 0.29) is 18.1 Å². The summed E-state index contributed by atoms with van der Waals surface area (Å²) in [5.41, 5.74) is 3.19. The van der Waals surface area contributed by atoms with Crippen molar-refractivity contribution in [2.24, 2.45) is 0 Å². The molecule has 0 atom stereocenters. The van der Waals surface area contributed by atoms with E-state index in [0.29, 0.717) is 30.3 Å². The number of pyridine rings is 1. The number of rotatable bonds is 5. The lowest BCUT2D eigenvalue weighted by Gasteiger charge is -2.20. The molecule has 1 aliphatic heterocycles. The Morgan fingerprint density at radius 3 is 2.62 bits per heavy atom. The predicted molar refractivity (Wildman–Crippen MR) is 105 cm³/mol. The van der Waals surface area contributed by atoms with Gasteiger partial charge >= 0.3 is 5.97 Å². The molecule has 2 aromatic heterocycles. The highest BCUT2D eigenvalue weighted by Gasteiger charge is 2.20. The van der Waals surface area contributed by atoms with E-state index in [1.54, 1.807) is 24.3 Å². The molecule has 3 heterocycles. The first kappa shape index (κ1) is 18.7. The number of benzene rings is 1.